The van der Waals surface area contributed by atoms with Gasteiger partial charge in [0.1, 0.15) is 5.82 Å². The molecule has 0 bridgehead atoms. The molecule has 2 aliphatic rings. The third kappa shape index (κ3) is 3.78. The van der Waals surface area contributed by atoms with Crippen LogP contribution in [0.25, 0.3) is 5.65 Å². The van der Waals surface area contributed by atoms with Gasteiger partial charge in [0.25, 0.3) is 0 Å². The first-order valence-corrected chi connectivity index (χ1v) is 10.0. The predicted molar refractivity (Wildman–Crippen MR) is 100 cm³/mol. The van der Waals surface area contributed by atoms with Crippen LogP contribution < -0.4 is 4.90 Å². The van der Waals surface area contributed by atoms with Crippen LogP contribution in [-0.2, 0) is 6.42 Å². The zero-order valence-electron chi connectivity index (χ0n) is 15.4. The fourth-order valence-corrected chi connectivity index (χ4v) is 4.32. The highest BCUT2D eigenvalue weighted by Crippen LogP contribution is 2.23. The van der Waals surface area contributed by atoms with Crippen molar-refractivity contribution >= 4 is 11.5 Å². The van der Waals surface area contributed by atoms with Crippen molar-refractivity contribution in [1.82, 2.24) is 24.7 Å². The topological polar surface area (TPSA) is 49.6 Å². The van der Waals surface area contributed by atoms with Gasteiger partial charge in [-0.2, -0.15) is 4.52 Å². The SMILES string of the molecule is CCc1nnc2ccc(N3CCCC(CN4CCCCCC4)C3)nn12. The first-order valence-electron chi connectivity index (χ1n) is 10.0. The van der Waals surface area contributed by atoms with Crippen LogP contribution >= 0.6 is 0 Å². The van der Waals surface area contributed by atoms with Gasteiger partial charge in [0.15, 0.2) is 11.5 Å². The highest BCUT2D eigenvalue weighted by Gasteiger charge is 2.24. The first-order chi connectivity index (χ1) is 12.3. The summed E-state index contributed by atoms with van der Waals surface area (Å²) in [5, 5.41) is 13.3. The largest absolute Gasteiger partial charge is 0.355 e. The Bertz CT molecular complexity index is 688. The zero-order valence-corrected chi connectivity index (χ0v) is 15.4. The molecule has 0 aliphatic carbocycles. The van der Waals surface area contributed by atoms with Gasteiger partial charge in [0, 0.05) is 26.1 Å². The van der Waals surface area contributed by atoms with Gasteiger partial charge in [-0.3, -0.25) is 0 Å². The van der Waals surface area contributed by atoms with Crippen LogP contribution in [-0.4, -0.2) is 57.4 Å². The van der Waals surface area contributed by atoms with E-state index in [1.165, 1.54) is 58.2 Å². The summed E-state index contributed by atoms with van der Waals surface area (Å²) in [6.45, 7) is 8.17. The van der Waals surface area contributed by atoms with Crippen molar-refractivity contribution in [1.29, 1.82) is 0 Å². The van der Waals surface area contributed by atoms with Crippen LogP contribution in [0.3, 0.4) is 0 Å². The molecule has 1 unspecified atom stereocenters. The van der Waals surface area contributed by atoms with E-state index in [1.54, 1.807) is 0 Å². The second-order valence-corrected chi connectivity index (χ2v) is 7.60. The number of hydrogen-bond acceptors (Lipinski definition) is 5. The molecule has 6 heteroatoms. The number of fused-ring (bicyclic) bond motifs is 1. The maximum absolute atomic E-state index is 4.83. The van der Waals surface area contributed by atoms with E-state index in [0.717, 1.165) is 42.7 Å². The maximum Gasteiger partial charge on any atom is 0.178 e. The fourth-order valence-electron chi connectivity index (χ4n) is 4.32. The number of nitrogens with zero attached hydrogens (tertiary/aromatic N) is 6. The Kier molecular flexibility index (Phi) is 5.15. The first kappa shape index (κ1) is 16.8. The number of anilines is 1. The third-order valence-electron chi connectivity index (χ3n) is 5.69. The molecule has 2 saturated heterocycles. The maximum atomic E-state index is 4.83. The molecule has 136 valence electrons. The number of aryl methyl sites for hydroxylation is 1. The van der Waals surface area contributed by atoms with Crippen LogP contribution in [0.1, 0.15) is 51.3 Å². The van der Waals surface area contributed by atoms with E-state index in [4.69, 9.17) is 5.10 Å². The summed E-state index contributed by atoms with van der Waals surface area (Å²) >= 11 is 0. The summed E-state index contributed by atoms with van der Waals surface area (Å²) in [5.74, 6) is 2.77. The molecule has 6 nitrogen and oxygen atoms in total. The number of aromatic nitrogens is 4. The molecule has 4 heterocycles. The highest BCUT2D eigenvalue weighted by molar-refractivity contribution is 5.46. The molecule has 2 aliphatic heterocycles. The van der Waals surface area contributed by atoms with Crippen molar-refractivity contribution in [3.05, 3.63) is 18.0 Å². The molecule has 2 aromatic rings. The van der Waals surface area contributed by atoms with Gasteiger partial charge in [-0.1, -0.05) is 19.8 Å². The Hall–Kier alpha value is -1.69. The van der Waals surface area contributed by atoms with Gasteiger partial charge in [-0.25, -0.2) is 0 Å². The summed E-state index contributed by atoms with van der Waals surface area (Å²) in [6.07, 6.45) is 9.05. The monoisotopic (exact) mass is 342 g/mol. The van der Waals surface area contributed by atoms with E-state index in [2.05, 4.69) is 33.0 Å². The molecule has 0 spiro atoms. The average molecular weight is 342 g/mol. The second-order valence-electron chi connectivity index (χ2n) is 7.60. The second kappa shape index (κ2) is 7.68. The van der Waals surface area contributed by atoms with Crippen molar-refractivity contribution in [3.8, 4) is 0 Å². The number of piperidine rings is 1. The lowest BCUT2D eigenvalue weighted by molar-refractivity contribution is 0.222. The quantitative estimate of drug-likeness (QED) is 0.855. The lowest BCUT2D eigenvalue weighted by atomic mass is 9.97. The van der Waals surface area contributed by atoms with E-state index in [0.29, 0.717) is 0 Å². The highest BCUT2D eigenvalue weighted by atomic mass is 15.4. The molecule has 2 fully saturated rings. The molecule has 25 heavy (non-hydrogen) atoms. The van der Waals surface area contributed by atoms with Crippen LogP contribution in [0.15, 0.2) is 12.1 Å². The predicted octanol–water partition coefficient (Wildman–Crippen LogP) is 2.78. The Balaban J connectivity index is 1.45. The number of likely N-dealkylation sites (tertiary alicyclic amines) is 1. The molecule has 1 atom stereocenters. The molecule has 4 rings (SSSR count). The zero-order chi connectivity index (χ0) is 17.1. The van der Waals surface area contributed by atoms with E-state index < -0.39 is 0 Å². The molecule has 2 aromatic heterocycles. The van der Waals surface area contributed by atoms with Gasteiger partial charge in [0.05, 0.1) is 0 Å². The number of rotatable bonds is 4. The van der Waals surface area contributed by atoms with Crippen molar-refractivity contribution in [2.45, 2.75) is 51.9 Å². The Morgan fingerprint density at radius 3 is 2.64 bits per heavy atom. The fraction of sp³-hybridized carbons (Fsp3) is 0.737. The number of hydrogen-bond donors (Lipinski definition) is 0. The summed E-state index contributed by atoms with van der Waals surface area (Å²) < 4.78 is 1.91. The summed E-state index contributed by atoms with van der Waals surface area (Å²) in [6, 6.07) is 4.16. The van der Waals surface area contributed by atoms with Gasteiger partial charge in [-0.15, -0.1) is 15.3 Å². The summed E-state index contributed by atoms with van der Waals surface area (Å²) in [4.78, 5) is 5.16. The van der Waals surface area contributed by atoms with Crippen molar-refractivity contribution in [3.63, 3.8) is 0 Å². The van der Waals surface area contributed by atoms with Crippen molar-refractivity contribution < 1.29 is 0 Å². The van der Waals surface area contributed by atoms with E-state index in [9.17, 15) is 0 Å². The third-order valence-corrected chi connectivity index (χ3v) is 5.69. The molecule has 0 amide bonds. The minimum atomic E-state index is 0.760. The molecular formula is C19H30N6. The van der Waals surface area contributed by atoms with E-state index in [-0.39, 0.29) is 0 Å². The van der Waals surface area contributed by atoms with Crippen LogP contribution in [0.2, 0.25) is 0 Å². The van der Waals surface area contributed by atoms with E-state index >= 15 is 0 Å². The lowest BCUT2D eigenvalue weighted by Crippen LogP contribution is -2.41. The minimum Gasteiger partial charge on any atom is -0.355 e. The van der Waals surface area contributed by atoms with Crippen molar-refractivity contribution in [2.75, 3.05) is 37.6 Å². The van der Waals surface area contributed by atoms with Gasteiger partial charge < -0.3 is 9.80 Å². The lowest BCUT2D eigenvalue weighted by Gasteiger charge is -2.36. The smallest absolute Gasteiger partial charge is 0.178 e. The molecule has 0 radical (unpaired) electrons. The summed E-state index contributed by atoms with van der Waals surface area (Å²) in [7, 11) is 0. The van der Waals surface area contributed by atoms with Gasteiger partial charge in [-0.05, 0) is 56.8 Å². The van der Waals surface area contributed by atoms with Crippen LogP contribution in [0.5, 0.6) is 0 Å². The van der Waals surface area contributed by atoms with Gasteiger partial charge in [0.2, 0.25) is 0 Å². The Morgan fingerprint density at radius 2 is 1.84 bits per heavy atom. The Morgan fingerprint density at radius 1 is 1.00 bits per heavy atom. The average Bonchev–Trinajstić information content (AvgIpc) is 2.89. The van der Waals surface area contributed by atoms with Gasteiger partial charge >= 0.3 is 0 Å². The van der Waals surface area contributed by atoms with Crippen LogP contribution in [0, 0.1) is 5.92 Å². The van der Waals surface area contributed by atoms with Crippen LogP contribution in [0.4, 0.5) is 5.82 Å². The Labute approximate surface area is 150 Å². The standard InChI is InChI=1S/C19H30N6/c1-2-17-20-21-18-9-10-19(22-25(17)18)24-13-7-8-16(15-24)14-23-11-5-3-4-6-12-23/h9-10,16H,2-8,11-15H2,1H3. The molecule has 0 aromatic carbocycles. The minimum absolute atomic E-state index is 0.760. The normalized spacial score (nSPS) is 23.1. The van der Waals surface area contributed by atoms with Crippen molar-refractivity contribution in [2.24, 2.45) is 5.92 Å². The molecule has 0 N–H and O–H groups in total. The summed E-state index contributed by atoms with van der Waals surface area (Å²) in [5.41, 5.74) is 0.846. The van der Waals surface area contributed by atoms with E-state index in [1.807, 2.05) is 10.6 Å². The molecular weight excluding hydrogens is 312 g/mol. The molecule has 0 saturated carbocycles.